The van der Waals surface area contributed by atoms with Crippen molar-refractivity contribution in [2.24, 2.45) is 0 Å². The molecule has 0 amide bonds. The molecular weight excluding hydrogens is 314 g/mol. The van der Waals surface area contributed by atoms with Crippen molar-refractivity contribution >= 4 is 11.0 Å². The summed E-state index contributed by atoms with van der Waals surface area (Å²) in [5, 5.41) is 21.7. The van der Waals surface area contributed by atoms with Gasteiger partial charge in [0.25, 0.3) is 0 Å². The Morgan fingerprint density at radius 2 is 1.84 bits per heavy atom. The number of fused-ring (bicyclic) bond motifs is 3. The van der Waals surface area contributed by atoms with Gasteiger partial charge in [-0.05, 0) is 37.5 Å². The molecule has 0 saturated heterocycles. The van der Waals surface area contributed by atoms with Crippen LogP contribution in [0, 0.1) is 6.92 Å². The molecule has 2 aromatic heterocycles. The lowest BCUT2D eigenvalue weighted by atomic mass is 10.0. The maximum absolute atomic E-state index is 11.1. The maximum Gasteiger partial charge on any atom is 0.151 e. The van der Waals surface area contributed by atoms with E-state index < -0.39 is 12.5 Å². The maximum atomic E-state index is 11.1. The molecule has 1 aliphatic heterocycles. The van der Waals surface area contributed by atoms with Crippen LogP contribution in [0.15, 0.2) is 42.6 Å². The van der Waals surface area contributed by atoms with Crippen LogP contribution in [0.2, 0.25) is 0 Å². The number of benzene rings is 1. The fourth-order valence-electron chi connectivity index (χ4n) is 4.04. The molecule has 25 heavy (non-hydrogen) atoms. The zero-order valence-electron chi connectivity index (χ0n) is 14.1. The molecule has 2 unspecified atom stereocenters. The summed E-state index contributed by atoms with van der Waals surface area (Å²) in [6.07, 6.45) is 2.37. The van der Waals surface area contributed by atoms with E-state index in [0.29, 0.717) is 6.54 Å². The van der Waals surface area contributed by atoms with Crippen LogP contribution in [0.25, 0.3) is 22.2 Å². The third kappa shape index (κ3) is 2.24. The average molecular weight is 335 g/mol. The van der Waals surface area contributed by atoms with Crippen molar-refractivity contribution in [3.63, 3.8) is 0 Å². The van der Waals surface area contributed by atoms with Crippen molar-refractivity contribution in [1.82, 2.24) is 14.5 Å². The summed E-state index contributed by atoms with van der Waals surface area (Å²) in [5.41, 5.74) is 5.90. The molecule has 0 radical (unpaired) electrons. The Morgan fingerprint density at radius 3 is 2.56 bits per heavy atom. The van der Waals surface area contributed by atoms with Gasteiger partial charge in [-0.3, -0.25) is 4.98 Å². The van der Waals surface area contributed by atoms with E-state index in [1.54, 1.807) is 6.20 Å². The first-order valence-electron chi connectivity index (χ1n) is 8.83. The second-order valence-electron chi connectivity index (χ2n) is 7.14. The molecule has 0 spiro atoms. The molecular formula is C20H21N3O2. The standard InChI is InChI=1S/C20H21N3O2/c1-12-4-6-13(7-5-12)17-18-15(3-2-10-21-18)22-11-16(24)23(14-8-9-14)20(25)19(17)22/h2-7,10,14,16,20,24-25H,8-9,11H2,1H3. The fourth-order valence-corrected chi connectivity index (χ4v) is 4.04. The molecule has 2 aliphatic rings. The van der Waals surface area contributed by atoms with Gasteiger partial charge in [0, 0.05) is 17.8 Å². The van der Waals surface area contributed by atoms with Gasteiger partial charge in [0.15, 0.2) is 6.23 Å². The summed E-state index contributed by atoms with van der Waals surface area (Å²) >= 11 is 0. The van der Waals surface area contributed by atoms with E-state index in [1.165, 1.54) is 5.56 Å². The first-order chi connectivity index (χ1) is 12.1. The van der Waals surface area contributed by atoms with Gasteiger partial charge in [0.05, 0.1) is 23.3 Å². The number of rotatable bonds is 2. The third-order valence-corrected chi connectivity index (χ3v) is 5.39. The minimum Gasteiger partial charge on any atom is -0.376 e. The van der Waals surface area contributed by atoms with E-state index in [2.05, 4.69) is 36.2 Å². The van der Waals surface area contributed by atoms with E-state index in [0.717, 1.165) is 40.7 Å². The van der Waals surface area contributed by atoms with Crippen LogP contribution in [0.5, 0.6) is 0 Å². The Labute approximate surface area is 146 Å². The normalized spacial score (nSPS) is 23.8. The Balaban J connectivity index is 1.78. The van der Waals surface area contributed by atoms with Crippen LogP contribution in [-0.4, -0.2) is 36.9 Å². The van der Waals surface area contributed by atoms with Crippen LogP contribution in [0.4, 0.5) is 0 Å². The molecule has 1 saturated carbocycles. The number of hydrogen-bond donors (Lipinski definition) is 2. The SMILES string of the molecule is Cc1ccc(-c2c3n(c4cccnc24)CC(O)N(C2CC2)C3O)cc1. The molecule has 1 fully saturated rings. The molecule has 2 atom stereocenters. The molecule has 3 heterocycles. The van der Waals surface area contributed by atoms with Gasteiger partial charge in [0.2, 0.25) is 0 Å². The Kier molecular flexibility index (Phi) is 3.25. The number of aryl methyl sites for hydroxylation is 1. The lowest BCUT2D eigenvalue weighted by Crippen LogP contribution is -2.47. The van der Waals surface area contributed by atoms with Crippen LogP contribution in [0.1, 0.15) is 30.3 Å². The zero-order valence-corrected chi connectivity index (χ0v) is 14.1. The molecule has 1 aliphatic carbocycles. The molecule has 1 aromatic carbocycles. The smallest absolute Gasteiger partial charge is 0.151 e. The van der Waals surface area contributed by atoms with Crippen molar-refractivity contribution in [3.05, 3.63) is 53.9 Å². The highest BCUT2D eigenvalue weighted by Gasteiger charge is 2.44. The number of aliphatic hydroxyl groups excluding tert-OH is 2. The van der Waals surface area contributed by atoms with E-state index in [1.807, 2.05) is 21.6 Å². The molecule has 128 valence electrons. The van der Waals surface area contributed by atoms with Crippen LogP contribution in [0.3, 0.4) is 0 Å². The number of hydrogen-bond acceptors (Lipinski definition) is 4. The van der Waals surface area contributed by atoms with E-state index >= 15 is 0 Å². The number of pyridine rings is 1. The predicted molar refractivity (Wildman–Crippen MR) is 95.7 cm³/mol. The van der Waals surface area contributed by atoms with Gasteiger partial charge in [-0.2, -0.15) is 0 Å². The summed E-state index contributed by atoms with van der Waals surface area (Å²) in [6.45, 7) is 2.52. The highest BCUT2D eigenvalue weighted by molar-refractivity contribution is 5.95. The molecule has 0 bridgehead atoms. The lowest BCUT2D eigenvalue weighted by Gasteiger charge is -2.38. The van der Waals surface area contributed by atoms with E-state index in [4.69, 9.17) is 0 Å². The topological polar surface area (TPSA) is 61.5 Å². The van der Waals surface area contributed by atoms with Gasteiger partial charge < -0.3 is 14.8 Å². The number of aromatic nitrogens is 2. The summed E-state index contributed by atoms with van der Waals surface area (Å²) in [6, 6.07) is 12.5. The third-order valence-electron chi connectivity index (χ3n) is 5.39. The minimum absolute atomic E-state index is 0.274. The summed E-state index contributed by atoms with van der Waals surface area (Å²) < 4.78 is 2.03. The number of aliphatic hydroxyl groups is 2. The summed E-state index contributed by atoms with van der Waals surface area (Å²) in [7, 11) is 0. The molecule has 5 heteroatoms. The van der Waals surface area contributed by atoms with Gasteiger partial charge in [-0.1, -0.05) is 29.8 Å². The lowest BCUT2D eigenvalue weighted by molar-refractivity contribution is -0.134. The van der Waals surface area contributed by atoms with Crippen molar-refractivity contribution in [1.29, 1.82) is 0 Å². The van der Waals surface area contributed by atoms with E-state index in [9.17, 15) is 10.2 Å². The van der Waals surface area contributed by atoms with Gasteiger partial charge >= 0.3 is 0 Å². The Bertz CT molecular complexity index is 943. The van der Waals surface area contributed by atoms with Crippen molar-refractivity contribution in [2.75, 3.05) is 0 Å². The summed E-state index contributed by atoms with van der Waals surface area (Å²) in [4.78, 5) is 6.45. The molecule has 2 N–H and O–H groups in total. The highest BCUT2D eigenvalue weighted by atomic mass is 16.3. The Morgan fingerprint density at radius 1 is 1.08 bits per heavy atom. The monoisotopic (exact) mass is 335 g/mol. The van der Waals surface area contributed by atoms with Gasteiger partial charge in [-0.25, -0.2) is 4.90 Å². The van der Waals surface area contributed by atoms with Gasteiger partial charge in [0.1, 0.15) is 6.23 Å². The first kappa shape index (κ1) is 15.1. The van der Waals surface area contributed by atoms with Crippen molar-refractivity contribution in [2.45, 2.75) is 44.8 Å². The van der Waals surface area contributed by atoms with Crippen molar-refractivity contribution < 1.29 is 10.2 Å². The second kappa shape index (κ2) is 5.39. The molecule has 5 nitrogen and oxygen atoms in total. The quantitative estimate of drug-likeness (QED) is 0.756. The first-order valence-corrected chi connectivity index (χ1v) is 8.83. The zero-order chi connectivity index (χ0) is 17.1. The second-order valence-corrected chi connectivity index (χ2v) is 7.14. The van der Waals surface area contributed by atoms with Crippen LogP contribution >= 0.6 is 0 Å². The summed E-state index contributed by atoms with van der Waals surface area (Å²) in [5.74, 6) is 0. The minimum atomic E-state index is -0.818. The van der Waals surface area contributed by atoms with Crippen molar-refractivity contribution in [3.8, 4) is 11.1 Å². The average Bonchev–Trinajstić information content (AvgIpc) is 3.38. The van der Waals surface area contributed by atoms with Gasteiger partial charge in [-0.15, -0.1) is 0 Å². The fraction of sp³-hybridized carbons (Fsp3) is 0.350. The van der Waals surface area contributed by atoms with Crippen LogP contribution in [-0.2, 0) is 6.54 Å². The van der Waals surface area contributed by atoms with E-state index in [-0.39, 0.29) is 6.04 Å². The molecule has 3 aromatic rings. The highest BCUT2D eigenvalue weighted by Crippen LogP contribution is 2.44. The van der Waals surface area contributed by atoms with Crippen LogP contribution < -0.4 is 0 Å². The predicted octanol–water partition coefficient (Wildman–Crippen LogP) is 2.80. The number of nitrogens with zero attached hydrogens (tertiary/aromatic N) is 3. The largest absolute Gasteiger partial charge is 0.376 e. The Hall–Kier alpha value is -2.21. The molecule has 5 rings (SSSR count).